The number of carbonyl (C=O) groups excluding carboxylic acids is 1. The van der Waals surface area contributed by atoms with Crippen LogP contribution in [0.2, 0.25) is 0 Å². The van der Waals surface area contributed by atoms with E-state index >= 15 is 0 Å². The molecule has 0 radical (unpaired) electrons. The molecule has 1 amide bonds. The molecule has 148 valence electrons. The monoisotopic (exact) mass is 389 g/mol. The van der Waals surface area contributed by atoms with Crippen molar-refractivity contribution in [1.82, 2.24) is 9.88 Å². The summed E-state index contributed by atoms with van der Waals surface area (Å²) < 4.78 is 38.6. The summed E-state index contributed by atoms with van der Waals surface area (Å²) in [4.78, 5) is 20.2. The van der Waals surface area contributed by atoms with Gasteiger partial charge in [0.25, 0.3) is 0 Å². The van der Waals surface area contributed by atoms with Crippen LogP contribution in [0.3, 0.4) is 0 Å². The maximum Gasteiger partial charge on any atom is 0.433 e. The van der Waals surface area contributed by atoms with E-state index in [9.17, 15) is 18.0 Å². The Morgan fingerprint density at radius 3 is 2.46 bits per heavy atom. The molecule has 0 N–H and O–H groups in total. The topological polar surface area (TPSA) is 36.4 Å². The molecule has 2 aliphatic heterocycles. The smallest absolute Gasteiger partial charge is 0.371 e. The number of hydrogen-bond donors (Lipinski definition) is 0. The van der Waals surface area contributed by atoms with Gasteiger partial charge in [-0.15, -0.1) is 0 Å². The first-order valence-corrected chi connectivity index (χ1v) is 9.55. The summed E-state index contributed by atoms with van der Waals surface area (Å²) in [5, 5.41) is 0. The molecule has 0 spiro atoms. The maximum absolute atomic E-state index is 12.9. The number of hydrogen-bond acceptors (Lipinski definition) is 3. The van der Waals surface area contributed by atoms with Crippen LogP contribution in [-0.2, 0) is 23.9 Å². The number of aromatic nitrogens is 1. The number of piperidine rings is 1. The highest BCUT2D eigenvalue weighted by Gasteiger charge is 2.34. The average molecular weight is 389 g/mol. The summed E-state index contributed by atoms with van der Waals surface area (Å²) in [6, 6.07) is 10.9. The zero-order valence-electron chi connectivity index (χ0n) is 15.5. The molecule has 4 nitrogen and oxygen atoms in total. The Kier molecular flexibility index (Phi) is 5.00. The third kappa shape index (κ3) is 3.84. The Labute approximate surface area is 162 Å². The third-order valence-corrected chi connectivity index (χ3v) is 5.69. The number of halogens is 3. The van der Waals surface area contributed by atoms with Crippen molar-refractivity contribution in [2.75, 3.05) is 24.5 Å². The Morgan fingerprint density at radius 2 is 1.75 bits per heavy atom. The quantitative estimate of drug-likeness (QED) is 0.782. The Morgan fingerprint density at radius 1 is 1.04 bits per heavy atom. The molecule has 0 unspecified atom stereocenters. The van der Waals surface area contributed by atoms with Gasteiger partial charge >= 0.3 is 6.18 Å². The fourth-order valence-electron chi connectivity index (χ4n) is 4.10. The first kappa shape index (κ1) is 18.8. The first-order chi connectivity index (χ1) is 13.4. The highest BCUT2D eigenvalue weighted by molar-refractivity contribution is 5.79. The second-order valence-electron chi connectivity index (χ2n) is 7.44. The van der Waals surface area contributed by atoms with Crippen LogP contribution in [0, 0.1) is 5.92 Å². The van der Waals surface area contributed by atoms with Crippen LogP contribution in [0.15, 0.2) is 42.6 Å². The van der Waals surface area contributed by atoms with Gasteiger partial charge in [-0.3, -0.25) is 9.78 Å². The van der Waals surface area contributed by atoms with Gasteiger partial charge in [0.2, 0.25) is 5.91 Å². The number of anilines is 1. The van der Waals surface area contributed by atoms with E-state index in [1.807, 2.05) is 21.9 Å². The Hall–Kier alpha value is -2.57. The molecular formula is C21H22F3N3O. The summed E-state index contributed by atoms with van der Waals surface area (Å²) in [6.45, 7) is 2.52. The first-order valence-electron chi connectivity index (χ1n) is 9.55. The molecule has 0 bridgehead atoms. The van der Waals surface area contributed by atoms with Gasteiger partial charge in [-0.25, -0.2) is 0 Å². The van der Waals surface area contributed by atoms with Crippen molar-refractivity contribution in [3.8, 4) is 0 Å². The fourth-order valence-corrected chi connectivity index (χ4v) is 4.10. The summed E-state index contributed by atoms with van der Waals surface area (Å²) in [5.74, 6) is 0.102. The van der Waals surface area contributed by atoms with Crippen LogP contribution < -0.4 is 4.90 Å². The molecule has 0 aliphatic carbocycles. The van der Waals surface area contributed by atoms with Gasteiger partial charge < -0.3 is 9.80 Å². The zero-order valence-corrected chi connectivity index (χ0v) is 15.5. The number of benzene rings is 1. The average Bonchev–Trinajstić information content (AvgIpc) is 2.72. The summed E-state index contributed by atoms with van der Waals surface area (Å²) in [7, 11) is 0. The van der Waals surface area contributed by atoms with E-state index in [4.69, 9.17) is 0 Å². The lowest BCUT2D eigenvalue weighted by molar-refractivity contribution is -0.141. The minimum absolute atomic E-state index is 0.0644. The molecule has 2 aliphatic rings. The molecule has 0 saturated carbocycles. The molecule has 4 rings (SSSR count). The lowest BCUT2D eigenvalue weighted by atomic mass is 9.93. The molecule has 28 heavy (non-hydrogen) atoms. The maximum atomic E-state index is 12.9. The van der Waals surface area contributed by atoms with Gasteiger partial charge in [-0.05, 0) is 42.5 Å². The predicted molar refractivity (Wildman–Crippen MR) is 99.7 cm³/mol. The fraction of sp³-hybridized carbons (Fsp3) is 0.429. The van der Waals surface area contributed by atoms with Crippen LogP contribution in [0.1, 0.15) is 29.7 Å². The van der Waals surface area contributed by atoms with Crippen molar-refractivity contribution < 1.29 is 18.0 Å². The molecule has 3 heterocycles. The van der Waals surface area contributed by atoms with E-state index in [0.717, 1.165) is 19.0 Å². The van der Waals surface area contributed by atoms with Crippen molar-refractivity contribution in [3.05, 3.63) is 59.4 Å². The SMILES string of the molecule is O=C(C1CCN(c2ccnc(C(F)(F)F)c2)CC1)N1CCc2ccccc2C1. The molecule has 2 aromatic rings. The molecule has 1 saturated heterocycles. The number of nitrogens with zero attached hydrogens (tertiary/aromatic N) is 3. The minimum atomic E-state index is -4.45. The van der Waals surface area contributed by atoms with Crippen molar-refractivity contribution in [1.29, 1.82) is 0 Å². The van der Waals surface area contributed by atoms with E-state index in [2.05, 4.69) is 17.1 Å². The molecular weight excluding hydrogens is 367 g/mol. The van der Waals surface area contributed by atoms with Crippen LogP contribution >= 0.6 is 0 Å². The van der Waals surface area contributed by atoms with Crippen molar-refractivity contribution in [2.45, 2.75) is 32.0 Å². The number of alkyl halides is 3. The number of fused-ring (bicyclic) bond motifs is 1. The van der Waals surface area contributed by atoms with E-state index in [1.54, 1.807) is 6.07 Å². The van der Waals surface area contributed by atoms with E-state index in [-0.39, 0.29) is 11.8 Å². The molecule has 1 fully saturated rings. The highest BCUT2D eigenvalue weighted by atomic mass is 19.4. The van der Waals surface area contributed by atoms with Crippen molar-refractivity contribution in [3.63, 3.8) is 0 Å². The zero-order chi connectivity index (χ0) is 19.7. The van der Waals surface area contributed by atoms with Crippen LogP contribution in [0.4, 0.5) is 18.9 Å². The number of carbonyl (C=O) groups is 1. The second kappa shape index (κ2) is 7.45. The van der Waals surface area contributed by atoms with Gasteiger partial charge in [0.1, 0.15) is 5.69 Å². The lowest BCUT2D eigenvalue weighted by Crippen LogP contribution is -2.44. The van der Waals surface area contributed by atoms with Gasteiger partial charge in [0.15, 0.2) is 0 Å². The number of pyridine rings is 1. The second-order valence-corrected chi connectivity index (χ2v) is 7.44. The van der Waals surface area contributed by atoms with Crippen LogP contribution in [0.25, 0.3) is 0 Å². The summed E-state index contributed by atoms with van der Waals surface area (Å²) in [5.41, 5.74) is 2.14. The van der Waals surface area contributed by atoms with E-state index in [0.29, 0.717) is 38.2 Å². The van der Waals surface area contributed by atoms with Crippen LogP contribution in [0.5, 0.6) is 0 Å². The highest BCUT2D eigenvalue weighted by Crippen LogP contribution is 2.32. The lowest BCUT2D eigenvalue weighted by Gasteiger charge is -2.37. The normalized spacial score (nSPS) is 18.1. The molecule has 0 atom stereocenters. The van der Waals surface area contributed by atoms with Crippen LogP contribution in [-0.4, -0.2) is 35.4 Å². The number of rotatable bonds is 2. The van der Waals surface area contributed by atoms with Gasteiger partial charge in [0.05, 0.1) is 0 Å². The van der Waals surface area contributed by atoms with Crippen molar-refractivity contribution in [2.24, 2.45) is 5.92 Å². The van der Waals surface area contributed by atoms with Gasteiger partial charge in [-0.2, -0.15) is 13.2 Å². The Balaban J connectivity index is 1.38. The van der Waals surface area contributed by atoms with E-state index in [1.165, 1.54) is 17.3 Å². The largest absolute Gasteiger partial charge is 0.433 e. The molecule has 1 aromatic heterocycles. The predicted octanol–water partition coefficient (Wildman–Crippen LogP) is 3.90. The Bertz CT molecular complexity index is 860. The van der Waals surface area contributed by atoms with Crippen molar-refractivity contribution >= 4 is 11.6 Å². The number of amides is 1. The molecule has 1 aromatic carbocycles. The summed E-state index contributed by atoms with van der Waals surface area (Å²) in [6.07, 6.45) is -1.07. The van der Waals surface area contributed by atoms with Gasteiger partial charge in [0, 0.05) is 44.0 Å². The third-order valence-electron chi connectivity index (χ3n) is 5.69. The van der Waals surface area contributed by atoms with E-state index < -0.39 is 11.9 Å². The molecule has 7 heteroatoms. The standard InChI is InChI=1S/C21H22F3N3O/c22-21(23,24)19-13-18(5-9-25-19)26-10-7-16(8-11-26)20(28)27-12-6-15-3-1-2-4-17(15)14-27/h1-5,9,13,16H,6-8,10-12,14H2. The van der Waals surface area contributed by atoms with Gasteiger partial charge in [-0.1, -0.05) is 24.3 Å². The minimum Gasteiger partial charge on any atom is -0.371 e. The summed E-state index contributed by atoms with van der Waals surface area (Å²) >= 11 is 0.